The topological polar surface area (TPSA) is 116 Å². The van der Waals surface area contributed by atoms with Gasteiger partial charge in [-0.1, -0.05) is 24.3 Å². The Kier molecular flexibility index (Phi) is 7.14. The number of nitrogens with zero attached hydrogens (tertiary/aromatic N) is 2. The van der Waals surface area contributed by atoms with E-state index in [0.717, 1.165) is 11.2 Å². The quantitative estimate of drug-likeness (QED) is 0.499. The molecule has 1 aromatic heterocycles. The fourth-order valence-electron chi connectivity index (χ4n) is 3.21. The number of hydrogen-bond donors (Lipinski definition) is 2. The fourth-order valence-corrected chi connectivity index (χ4v) is 3.98. The maximum atomic E-state index is 13.0. The normalized spacial score (nSPS) is 14.9. The van der Waals surface area contributed by atoms with Crippen molar-refractivity contribution in [1.29, 1.82) is 0 Å². The van der Waals surface area contributed by atoms with Gasteiger partial charge in [-0.3, -0.25) is 19.3 Å². The van der Waals surface area contributed by atoms with Gasteiger partial charge in [0.1, 0.15) is 12.3 Å². The minimum Gasteiger partial charge on any atom is -0.333 e. The van der Waals surface area contributed by atoms with Gasteiger partial charge in [0.15, 0.2) is 0 Å². The van der Waals surface area contributed by atoms with Crippen LogP contribution in [0.3, 0.4) is 0 Å². The highest BCUT2D eigenvalue weighted by Gasteiger charge is 2.37. The SMILES string of the molecule is CCN1CCN(C(=O)NC(C(=O)Nc2ccccc2CC=O)c2cccs2)C(=O)C1=O. The standard InChI is InChI=1S/C21H22N4O5S/c1-2-24-10-11-25(20(29)19(24)28)21(30)23-17(16-8-5-13-31-16)18(27)22-15-7-4-3-6-14(15)9-12-26/h3-8,12-13,17H,2,9-11H2,1H3,(H,22,27)(H,23,30). The summed E-state index contributed by atoms with van der Waals surface area (Å²) < 4.78 is 0. The number of imide groups is 1. The highest BCUT2D eigenvalue weighted by Crippen LogP contribution is 2.23. The lowest BCUT2D eigenvalue weighted by atomic mass is 10.1. The van der Waals surface area contributed by atoms with Gasteiger partial charge in [-0.2, -0.15) is 0 Å². The first-order valence-corrected chi connectivity index (χ1v) is 10.6. The van der Waals surface area contributed by atoms with E-state index in [-0.39, 0.29) is 19.5 Å². The van der Waals surface area contributed by atoms with Gasteiger partial charge < -0.3 is 20.3 Å². The summed E-state index contributed by atoms with van der Waals surface area (Å²) in [6.45, 7) is 2.41. The fraction of sp³-hybridized carbons (Fsp3) is 0.286. The molecule has 1 atom stereocenters. The zero-order valence-electron chi connectivity index (χ0n) is 16.9. The van der Waals surface area contributed by atoms with Gasteiger partial charge in [0.05, 0.1) is 0 Å². The van der Waals surface area contributed by atoms with E-state index in [1.807, 2.05) is 0 Å². The van der Waals surface area contributed by atoms with Crippen molar-refractivity contribution in [2.45, 2.75) is 19.4 Å². The second-order valence-electron chi connectivity index (χ2n) is 6.76. The van der Waals surface area contributed by atoms with E-state index in [1.165, 1.54) is 16.2 Å². The van der Waals surface area contributed by atoms with E-state index in [1.54, 1.807) is 48.7 Å². The molecule has 162 valence electrons. The zero-order chi connectivity index (χ0) is 22.4. The Bertz CT molecular complexity index is 991. The molecule has 1 aliphatic rings. The molecule has 1 unspecified atom stereocenters. The number of carbonyl (C=O) groups is 5. The average molecular weight is 442 g/mol. The molecule has 2 aromatic rings. The summed E-state index contributed by atoms with van der Waals surface area (Å²) in [6, 6.07) is 8.39. The molecule has 0 radical (unpaired) electrons. The Hall–Kier alpha value is -3.53. The van der Waals surface area contributed by atoms with Gasteiger partial charge in [-0.05, 0) is 30.0 Å². The Morgan fingerprint density at radius 3 is 2.58 bits per heavy atom. The molecule has 0 saturated carbocycles. The molecular weight excluding hydrogens is 420 g/mol. The number of hydrogen-bond acceptors (Lipinski definition) is 6. The summed E-state index contributed by atoms with van der Waals surface area (Å²) in [5.41, 5.74) is 1.09. The molecular formula is C21H22N4O5S. The van der Waals surface area contributed by atoms with Crippen LogP contribution in [0.25, 0.3) is 0 Å². The Morgan fingerprint density at radius 2 is 1.90 bits per heavy atom. The summed E-state index contributed by atoms with van der Waals surface area (Å²) in [7, 11) is 0. The molecule has 10 heteroatoms. The Morgan fingerprint density at radius 1 is 1.13 bits per heavy atom. The maximum absolute atomic E-state index is 13.0. The molecule has 0 spiro atoms. The lowest BCUT2D eigenvalue weighted by molar-refractivity contribution is -0.153. The lowest BCUT2D eigenvalue weighted by Gasteiger charge is -2.32. The van der Waals surface area contributed by atoms with Gasteiger partial charge in [-0.25, -0.2) is 4.79 Å². The van der Waals surface area contributed by atoms with Gasteiger partial charge in [0, 0.05) is 36.6 Å². The van der Waals surface area contributed by atoms with E-state index in [2.05, 4.69) is 10.6 Å². The number of likely N-dealkylation sites (N-methyl/N-ethyl adjacent to an activating group) is 1. The number of aldehydes is 1. The molecule has 2 N–H and O–H groups in total. The van der Waals surface area contributed by atoms with Crippen LogP contribution in [0.5, 0.6) is 0 Å². The van der Waals surface area contributed by atoms with Crippen LogP contribution < -0.4 is 10.6 Å². The first-order chi connectivity index (χ1) is 15.0. The molecule has 2 heterocycles. The van der Waals surface area contributed by atoms with Gasteiger partial charge in [-0.15, -0.1) is 11.3 Å². The molecule has 0 aliphatic carbocycles. The smallest absolute Gasteiger partial charge is 0.325 e. The number of carbonyl (C=O) groups excluding carboxylic acids is 5. The first kappa shape index (κ1) is 22.2. The van der Waals surface area contributed by atoms with Crippen molar-refractivity contribution in [3.63, 3.8) is 0 Å². The summed E-state index contributed by atoms with van der Waals surface area (Å²) >= 11 is 1.27. The average Bonchev–Trinajstić information content (AvgIpc) is 3.29. The van der Waals surface area contributed by atoms with Gasteiger partial charge in [0.2, 0.25) is 0 Å². The van der Waals surface area contributed by atoms with Crippen molar-refractivity contribution in [2.75, 3.05) is 25.0 Å². The first-order valence-electron chi connectivity index (χ1n) is 9.73. The molecule has 1 aliphatic heterocycles. The molecule has 1 saturated heterocycles. The monoisotopic (exact) mass is 442 g/mol. The van der Waals surface area contributed by atoms with E-state index >= 15 is 0 Å². The molecule has 31 heavy (non-hydrogen) atoms. The highest BCUT2D eigenvalue weighted by molar-refractivity contribution is 7.10. The number of para-hydroxylation sites is 1. The minimum absolute atomic E-state index is 0.0468. The van der Waals surface area contributed by atoms with Crippen LogP contribution in [0, 0.1) is 0 Å². The van der Waals surface area contributed by atoms with E-state index < -0.39 is 29.8 Å². The van der Waals surface area contributed by atoms with Crippen LogP contribution in [0.1, 0.15) is 23.4 Å². The Balaban J connectivity index is 1.78. The van der Waals surface area contributed by atoms with Gasteiger partial charge in [0.25, 0.3) is 5.91 Å². The zero-order valence-corrected chi connectivity index (χ0v) is 17.7. The number of urea groups is 1. The third kappa shape index (κ3) is 4.97. The number of anilines is 1. The van der Waals surface area contributed by atoms with Crippen LogP contribution in [0.2, 0.25) is 0 Å². The van der Waals surface area contributed by atoms with Crippen molar-refractivity contribution in [1.82, 2.24) is 15.1 Å². The lowest BCUT2D eigenvalue weighted by Crippen LogP contribution is -2.58. The van der Waals surface area contributed by atoms with Crippen LogP contribution in [0.15, 0.2) is 41.8 Å². The minimum atomic E-state index is -1.08. The molecule has 1 fully saturated rings. The van der Waals surface area contributed by atoms with Crippen molar-refractivity contribution in [3.8, 4) is 0 Å². The molecule has 1 aromatic carbocycles. The molecule has 0 bridgehead atoms. The summed E-state index contributed by atoms with van der Waals surface area (Å²) in [4.78, 5) is 63.9. The second kappa shape index (κ2) is 9.98. The largest absolute Gasteiger partial charge is 0.333 e. The van der Waals surface area contributed by atoms with Crippen molar-refractivity contribution in [3.05, 3.63) is 52.2 Å². The van der Waals surface area contributed by atoms with Crippen molar-refractivity contribution in [2.24, 2.45) is 0 Å². The number of thiophene rings is 1. The number of piperazine rings is 1. The molecule has 5 amide bonds. The van der Waals surface area contributed by atoms with E-state index in [9.17, 15) is 24.0 Å². The summed E-state index contributed by atoms with van der Waals surface area (Å²) in [5, 5.41) is 7.07. The van der Waals surface area contributed by atoms with Crippen LogP contribution in [-0.4, -0.2) is 59.5 Å². The van der Waals surface area contributed by atoms with Crippen molar-refractivity contribution < 1.29 is 24.0 Å². The van der Waals surface area contributed by atoms with Crippen molar-refractivity contribution >= 4 is 47.1 Å². The third-order valence-electron chi connectivity index (χ3n) is 4.87. The molecule has 9 nitrogen and oxygen atoms in total. The third-order valence-corrected chi connectivity index (χ3v) is 5.81. The predicted octanol–water partition coefficient (Wildman–Crippen LogP) is 1.57. The van der Waals surface area contributed by atoms with Crippen LogP contribution in [-0.2, 0) is 25.6 Å². The second-order valence-corrected chi connectivity index (χ2v) is 7.74. The maximum Gasteiger partial charge on any atom is 0.325 e. The highest BCUT2D eigenvalue weighted by atomic mass is 32.1. The van der Waals surface area contributed by atoms with Crippen LogP contribution >= 0.6 is 11.3 Å². The number of benzene rings is 1. The summed E-state index contributed by atoms with van der Waals surface area (Å²) in [5.74, 6) is -2.20. The Labute approximate surface area is 183 Å². The molecule has 3 rings (SSSR count). The number of rotatable bonds is 7. The predicted molar refractivity (Wildman–Crippen MR) is 114 cm³/mol. The van der Waals surface area contributed by atoms with Crippen LogP contribution in [0.4, 0.5) is 10.5 Å². The summed E-state index contributed by atoms with van der Waals surface area (Å²) in [6.07, 6.45) is 0.868. The number of amides is 5. The van der Waals surface area contributed by atoms with E-state index in [4.69, 9.17) is 0 Å². The number of nitrogens with one attached hydrogen (secondary N) is 2. The van der Waals surface area contributed by atoms with E-state index in [0.29, 0.717) is 22.7 Å². The van der Waals surface area contributed by atoms with Gasteiger partial charge >= 0.3 is 17.8 Å².